The van der Waals surface area contributed by atoms with E-state index >= 15 is 0 Å². The highest BCUT2D eigenvalue weighted by molar-refractivity contribution is 5.74. The van der Waals surface area contributed by atoms with Crippen LogP contribution in [0.25, 0.3) is 11.3 Å². The van der Waals surface area contributed by atoms with E-state index in [2.05, 4.69) is 79.3 Å². The fraction of sp³-hybridized carbons (Fsp3) is 0.370. The summed E-state index contributed by atoms with van der Waals surface area (Å²) in [6.45, 7) is 2.22. The molecule has 0 atom stereocenters. The van der Waals surface area contributed by atoms with Crippen LogP contribution in [0.15, 0.2) is 60.8 Å². The fourth-order valence-electron chi connectivity index (χ4n) is 6.50. The van der Waals surface area contributed by atoms with Gasteiger partial charge in [-0.05, 0) is 42.5 Å². The standard InChI is InChI=1S/C27H28NO/c1-19-12-13-22-25(24(19)23-11-5-8-16-28(23)2)29-27(26(22)14-6-7-15-26)17-20-9-3-4-10-21(20)18-27/h3-5,8-13,16H,6-7,14-15,17-18H2,1-2H3/q+1. The molecule has 1 aliphatic heterocycles. The Morgan fingerprint density at radius 3 is 2.24 bits per heavy atom. The Kier molecular flexibility index (Phi) is 3.54. The number of aryl methyl sites for hydroxylation is 2. The van der Waals surface area contributed by atoms with E-state index in [1.54, 1.807) is 0 Å². The first-order valence-corrected chi connectivity index (χ1v) is 11.0. The van der Waals surface area contributed by atoms with E-state index in [0.717, 1.165) is 18.6 Å². The Bertz CT molecular complexity index is 1100. The molecule has 6 rings (SSSR count). The predicted octanol–water partition coefficient (Wildman–Crippen LogP) is 5.23. The number of nitrogens with zero attached hydrogens (tertiary/aromatic N) is 1. The summed E-state index contributed by atoms with van der Waals surface area (Å²) in [6, 6.07) is 20.1. The Hall–Kier alpha value is -2.61. The highest BCUT2D eigenvalue weighted by Crippen LogP contribution is 2.63. The zero-order chi connectivity index (χ0) is 19.6. The average Bonchev–Trinajstić information content (AvgIpc) is 3.41. The van der Waals surface area contributed by atoms with Gasteiger partial charge in [0.15, 0.2) is 6.20 Å². The lowest BCUT2D eigenvalue weighted by atomic mass is 9.66. The van der Waals surface area contributed by atoms with Crippen LogP contribution in [0.4, 0.5) is 0 Å². The summed E-state index contributed by atoms with van der Waals surface area (Å²) in [5, 5.41) is 0. The zero-order valence-corrected chi connectivity index (χ0v) is 17.4. The first kappa shape index (κ1) is 17.3. The second kappa shape index (κ2) is 5.95. The molecule has 0 saturated heterocycles. The molecule has 146 valence electrons. The van der Waals surface area contributed by atoms with E-state index in [1.807, 2.05) is 0 Å². The SMILES string of the molecule is Cc1ccc2c(c1-c1cccc[n+]1C)OC1(Cc3ccccc3C1)C21CCCC1. The Morgan fingerprint density at radius 1 is 0.862 bits per heavy atom. The van der Waals surface area contributed by atoms with Gasteiger partial charge in [0.25, 0.3) is 0 Å². The fourth-order valence-corrected chi connectivity index (χ4v) is 6.50. The lowest BCUT2D eigenvalue weighted by Crippen LogP contribution is -2.51. The Labute approximate surface area is 173 Å². The number of aromatic nitrogens is 1. The van der Waals surface area contributed by atoms with E-state index in [9.17, 15) is 0 Å². The monoisotopic (exact) mass is 382 g/mol. The van der Waals surface area contributed by atoms with Crippen molar-refractivity contribution in [3.8, 4) is 17.0 Å². The van der Waals surface area contributed by atoms with Crippen molar-refractivity contribution in [3.05, 3.63) is 83.0 Å². The zero-order valence-electron chi connectivity index (χ0n) is 17.4. The summed E-state index contributed by atoms with van der Waals surface area (Å²) in [5.74, 6) is 1.15. The molecule has 0 N–H and O–H groups in total. The van der Waals surface area contributed by atoms with Crippen molar-refractivity contribution in [2.24, 2.45) is 7.05 Å². The highest BCUT2D eigenvalue weighted by atomic mass is 16.5. The summed E-state index contributed by atoms with van der Waals surface area (Å²) in [5.41, 5.74) is 8.28. The second-order valence-electron chi connectivity index (χ2n) is 9.34. The first-order chi connectivity index (χ1) is 14.1. The topological polar surface area (TPSA) is 13.1 Å². The first-order valence-electron chi connectivity index (χ1n) is 11.0. The molecule has 3 aliphatic rings. The minimum atomic E-state index is -0.120. The number of hydrogen-bond donors (Lipinski definition) is 0. The molecule has 29 heavy (non-hydrogen) atoms. The molecule has 2 aliphatic carbocycles. The van der Waals surface area contributed by atoms with Crippen molar-refractivity contribution in [3.63, 3.8) is 0 Å². The van der Waals surface area contributed by atoms with Crippen LogP contribution in [0.5, 0.6) is 5.75 Å². The summed E-state index contributed by atoms with van der Waals surface area (Å²) in [6.07, 6.45) is 9.32. The van der Waals surface area contributed by atoms with Gasteiger partial charge in [-0.1, -0.05) is 49.2 Å². The van der Waals surface area contributed by atoms with Gasteiger partial charge in [-0.3, -0.25) is 0 Å². The van der Waals surface area contributed by atoms with Gasteiger partial charge in [-0.15, -0.1) is 0 Å². The van der Waals surface area contributed by atoms with E-state index < -0.39 is 0 Å². The lowest BCUT2D eigenvalue weighted by molar-refractivity contribution is -0.660. The molecule has 1 saturated carbocycles. The van der Waals surface area contributed by atoms with Gasteiger partial charge < -0.3 is 4.74 Å². The van der Waals surface area contributed by atoms with Crippen molar-refractivity contribution >= 4 is 0 Å². The summed E-state index contributed by atoms with van der Waals surface area (Å²) >= 11 is 0. The maximum absolute atomic E-state index is 7.18. The van der Waals surface area contributed by atoms with Gasteiger partial charge in [0.1, 0.15) is 18.4 Å². The number of fused-ring (bicyclic) bond motifs is 4. The largest absolute Gasteiger partial charge is 0.484 e. The van der Waals surface area contributed by atoms with Crippen molar-refractivity contribution < 1.29 is 9.30 Å². The minimum absolute atomic E-state index is 0.120. The molecular formula is C27H28NO+. The summed E-state index contributed by atoms with van der Waals surface area (Å²) in [4.78, 5) is 0. The smallest absolute Gasteiger partial charge is 0.216 e. The molecule has 2 heterocycles. The summed E-state index contributed by atoms with van der Waals surface area (Å²) < 4.78 is 9.41. The van der Waals surface area contributed by atoms with Crippen LogP contribution in [0, 0.1) is 6.92 Å². The normalized spacial score (nSPS) is 20.1. The number of rotatable bonds is 1. The maximum Gasteiger partial charge on any atom is 0.216 e. The molecule has 1 aromatic heterocycles. The molecular weight excluding hydrogens is 354 g/mol. The summed E-state index contributed by atoms with van der Waals surface area (Å²) in [7, 11) is 2.13. The minimum Gasteiger partial charge on any atom is -0.484 e. The maximum atomic E-state index is 7.18. The molecule has 2 nitrogen and oxygen atoms in total. The van der Waals surface area contributed by atoms with Gasteiger partial charge in [-0.25, -0.2) is 4.57 Å². The molecule has 2 spiro atoms. The number of benzene rings is 2. The van der Waals surface area contributed by atoms with Gasteiger partial charge >= 0.3 is 0 Å². The number of pyridine rings is 1. The van der Waals surface area contributed by atoms with Crippen LogP contribution in [0.1, 0.15) is 47.9 Å². The third kappa shape index (κ3) is 2.20. The number of ether oxygens (including phenoxy) is 1. The van der Waals surface area contributed by atoms with Gasteiger partial charge in [0, 0.05) is 36.0 Å². The molecule has 0 bridgehead atoms. The number of hydrogen-bond acceptors (Lipinski definition) is 1. The van der Waals surface area contributed by atoms with Crippen LogP contribution < -0.4 is 9.30 Å². The quantitative estimate of drug-likeness (QED) is 0.525. The van der Waals surface area contributed by atoms with Crippen LogP contribution in [-0.2, 0) is 25.3 Å². The molecule has 0 unspecified atom stereocenters. The second-order valence-corrected chi connectivity index (χ2v) is 9.34. The van der Waals surface area contributed by atoms with Crippen LogP contribution >= 0.6 is 0 Å². The van der Waals surface area contributed by atoms with E-state index in [4.69, 9.17) is 4.74 Å². The van der Waals surface area contributed by atoms with Crippen molar-refractivity contribution in [2.75, 3.05) is 0 Å². The van der Waals surface area contributed by atoms with Crippen molar-refractivity contribution in [1.82, 2.24) is 0 Å². The van der Waals surface area contributed by atoms with E-state index in [1.165, 1.54) is 59.2 Å². The Morgan fingerprint density at radius 2 is 1.55 bits per heavy atom. The molecule has 2 heteroatoms. The predicted molar refractivity (Wildman–Crippen MR) is 115 cm³/mol. The van der Waals surface area contributed by atoms with Crippen LogP contribution in [0.3, 0.4) is 0 Å². The van der Waals surface area contributed by atoms with Gasteiger partial charge in [-0.2, -0.15) is 0 Å². The van der Waals surface area contributed by atoms with Crippen LogP contribution in [-0.4, -0.2) is 5.60 Å². The molecule has 3 aromatic rings. The average molecular weight is 383 g/mol. The molecule has 0 amide bonds. The molecule has 0 radical (unpaired) electrons. The van der Waals surface area contributed by atoms with Crippen LogP contribution in [0.2, 0.25) is 0 Å². The van der Waals surface area contributed by atoms with E-state index in [0.29, 0.717) is 0 Å². The highest BCUT2D eigenvalue weighted by Gasteiger charge is 2.63. The third-order valence-electron chi connectivity index (χ3n) is 7.89. The van der Waals surface area contributed by atoms with Crippen molar-refractivity contribution in [2.45, 2.75) is 56.5 Å². The van der Waals surface area contributed by atoms with Crippen molar-refractivity contribution in [1.29, 1.82) is 0 Å². The third-order valence-corrected chi connectivity index (χ3v) is 7.89. The molecule has 1 fully saturated rings. The lowest BCUT2D eigenvalue weighted by Gasteiger charge is -2.40. The van der Waals surface area contributed by atoms with Gasteiger partial charge in [0.2, 0.25) is 5.69 Å². The molecule has 2 aromatic carbocycles. The van der Waals surface area contributed by atoms with Gasteiger partial charge in [0.05, 0.1) is 5.56 Å². The van der Waals surface area contributed by atoms with E-state index in [-0.39, 0.29) is 11.0 Å². The Balaban J connectivity index is 1.59.